The molecule has 1 N–H and O–H groups in total. The minimum absolute atomic E-state index is 0.119. The van der Waals surface area contributed by atoms with Gasteiger partial charge in [0.2, 0.25) is 0 Å². The molecule has 0 bridgehead atoms. The molecule has 2 aromatic rings. The van der Waals surface area contributed by atoms with E-state index in [2.05, 4.69) is 5.32 Å². The van der Waals surface area contributed by atoms with E-state index >= 15 is 0 Å². The van der Waals surface area contributed by atoms with Crippen LogP contribution >= 0.6 is 0 Å². The van der Waals surface area contributed by atoms with Gasteiger partial charge in [-0.2, -0.15) is 13.2 Å². The molecule has 0 radical (unpaired) electrons. The first kappa shape index (κ1) is 40.7. The van der Waals surface area contributed by atoms with Gasteiger partial charge in [-0.1, -0.05) is 18.2 Å². The molecule has 274 valence electrons. The number of nitriles is 1. The van der Waals surface area contributed by atoms with E-state index in [1.807, 2.05) is 18.7 Å². The van der Waals surface area contributed by atoms with Crippen LogP contribution in [-0.2, 0) is 21.7 Å². The molecule has 0 aliphatic carbocycles. The second-order valence-corrected chi connectivity index (χ2v) is 12.8. The second kappa shape index (κ2) is 17.5. The Kier molecular flexibility index (Phi) is 13.9. The molecule has 1 amide bonds. The van der Waals surface area contributed by atoms with Gasteiger partial charge in [0, 0.05) is 0 Å². The van der Waals surface area contributed by atoms with Crippen LogP contribution < -0.4 is 10.1 Å². The average Bonchev–Trinajstić information content (AvgIpc) is 3.53. The maximum absolute atomic E-state index is 14.3. The summed E-state index contributed by atoms with van der Waals surface area (Å²) in [6.45, 7) is 10.9. The fourth-order valence-corrected chi connectivity index (χ4v) is 5.32. The molecule has 0 aromatic heterocycles. The van der Waals surface area contributed by atoms with E-state index in [4.69, 9.17) is 24.4 Å². The Bertz CT molecular complexity index is 1670. The number of alkyl halides is 6. The Morgan fingerprint density at radius 1 is 1.12 bits per heavy atom. The van der Waals surface area contributed by atoms with Crippen LogP contribution in [0.1, 0.15) is 83.1 Å². The van der Waals surface area contributed by atoms with Crippen LogP contribution in [0.4, 0.5) is 31.1 Å². The van der Waals surface area contributed by atoms with Crippen molar-refractivity contribution >= 4 is 36.4 Å². The van der Waals surface area contributed by atoms with Gasteiger partial charge in [-0.15, -0.1) is 0 Å². The summed E-state index contributed by atoms with van der Waals surface area (Å²) in [5.41, 5.74) is -0.873. The Balaban J connectivity index is 1.91. The van der Waals surface area contributed by atoms with Crippen LogP contribution in [-0.4, -0.2) is 54.3 Å². The van der Waals surface area contributed by atoms with E-state index in [1.165, 1.54) is 36.4 Å². The van der Waals surface area contributed by atoms with Crippen LogP contribution in [0.15, 0.2) is 59.6 Å². The molecule has 1 saturated heterocycles. The molecule has 2 unspecified atom stereocenters. The summed E-state index contributed by atoms with van der Waals surface area (Å²) in [5.74, 6) is -0.543. The SMILES string of the molecule is C/C=C(\N=C(C(C)CC)C1CCCN1C(=BOC#N)NC(=O)OC(C)(C)C)c1ccc(OC/C=C\c2ccc(C(F)(F)F)cc2)c(C(F)(F)F)c1. The number of likely N-dealkylation sites (tertiary alicyclic amines) is 1. The summed E-state index contributed by atoms with van der Waals surface area (Å²) in [5, 5.41) is 11.7. The van der Waals surface area contributed by atoms with Gasteiger partial charge >= 0.3 is 234 Å². The topological polar surface area (TPSA) is 96.2 Å². The fourth-order valence-electron chi connectivity index (χ4n) is 5.32. The number of rotatable bonds is 12. The van der Waals surface area contributed by atoms with Crippen molar-refractivity contribution in [2.45, 2.75) is 84.8 Å². The number of allylic oxidation sites excluding steroid dienone is 1. The minimum atomic E-state index is -4.78. The van der Waals surface area contributed by atoms with Crippen molar-refractivity contribution in [3.05, 3.63) is 76.9 Å². The molecule has 3 rings (SSSR count). The molecular weight excluding hydrogens is 677 g/mol. The molecule has 0 spiro atoms. The summed E-state index contributed by atoms with van der Waals surface area (Å²) in [6, 6.07) is 7.59. The average molecular weight is 719 g/mol. The van der Waals surface area contributed by atoms with E-state index in [-0.39, 0.29) is 35.5 Å². The van der Waals surface area contributed by atoms with Gasteiger partial charge < -0.3 is 0 Å². The van der Waals surface area contributed by atoms with E-state index < -0.39 is 40.9 Å². The van der Waals surface area contributed by atoms with Crippen molar-refractivity contribution in [2.24, 2.45) is 10.9 Å². The zero-order valence-corrected chi connectivity index (χ0v) is 29.3. The molecule has 1 aliphatic rings. The number of halogens is 6. The normalized spacial score (nSPS) is 16.8. The molecular formula is C36H41BF6N4O4. The van der Waals surface area contributed by atoms with Crippen LogP contribution in [0.3, 0.4) is 0 Å². The molecule has 8 nitrogen and oxygen atoms in total. The molecule has 2 aromatic carbocycles. The fraction of sp³-hybridized carbons (Fsp3) is 0.444. The van der Waals surface area contributed by atoms with Crippen molar-refractivity contribution < 1.29 is 45.3 Å². The third-order valence-electron chi connectivity index (χ3n) is 7.86. The van der Waals surface area contributed by atoms with Crippen molar-refractivity contribution in [3.8, 4) is 12.0 Å². The first-order valence-electron chi connectivity index (χ1n) is 16.3. The van der Waals surface area contributed by atoms with Crippen LogP contribution in [0.2, 0.25) is 0 Å². The molecule has 1 heterocycles. The van der Waals surface area contributed by atoms with Crippen LogP contribution in [0.25, 0.3) is 11.8 Å². The Morgan fingerprint density at radius 2 is 1.80 bits per heavy atom. The Morgan fingerprint density at radius 3 is 2.37 bits per heavy atom. The Labute approximate surface area is 294 Å². The van der Waals surface area contributed by atoms with Gasteiger partial charge in [-0.25, -0.2) is 0 Å². The molecule has 1 aliphatic heterocycles. The number of amides is 1. The summed E-state index contributed by atoms with van der Waals surface area (Å²) in [6.07, 6.45) is -2.01. The number of benzene rings is 2. The van der Waals surface area contributed by atoms with Crippen LogP contribution in [0, 0.1) is 17.4 Å². The van der Waals surface area contributed by atoms with Gasteiger partial charge in [0.15, 0.2) is 0 Å². The number of hydrogen-bond acceptors (Lipinski definition) is 7. The Hall–Kier alpha value is -4.74. The summed E-state index contributed by atoms with van der Waals surface area (Å²) >= 11 is 0. The number of nitrogens with zero attached hydrogens (tertiary/aromatic N) is 3. The van der Waals surface area contributed by atoms with Crippen molar-refractivity contribution in [1.29, 1.82) is 5.26 Å². The molecule has 0 saturated carbocycles. The van der Waals surface area contributed by atoms with E-state index in [9.17, 15) is 31.1 Å². The van der Waals surface area contributed by atoms with Gasteiger partial charge in [0.1, 0.15) is 0 Å². The van der Waals surface area contributed by atoms with E-state index in [0.717, 1.165) is 25.3 Å². The number of nitrogens with one attached hydrogen (secondary N) is 1. The third-order valence-corrected chi connectivity index (χ3v) is 7.86. The number of carbonyl (C=O) groups is 1. The molecule has 51 heavy (non-hydrogen) atoms. The van der Waals surface area contributed by atoms with Gasteiger partial charge in [-0.05, 0) is 23.8 Å². The zero-order chi connectivity index (χ0) is 38.0. The molecule has 15 heteroatoms. The predicted molar refractivity (Wildman–Crippen MR) is 185 cm³/mol. The number of aliphatic imine (C=N–C) groups is 1. The summed E-state index contributed by atoms with van der Waals surface area (Å²) < 4.78 is 97.1. The zero-order valence-electron chi connectivity index (χ0n) is 29.3. The summed E-state index contributed by atoms with van der Waals surface area (Å²) in [7, 11) is 1.11. The maximum atomic E-state index is 14.3. The van der Waals surface area contributed by atoms with E-state index in [0.29, 0.717) is 37.1 Å². The van der Waals surface area contributed by atoms with E-state index in [1.54, 1.807) is 40.0 Å². The van der Waals surface area contributed by atoms with Crippen molar-refractivity contribution in [2.75, 3.05) is 13.2 Å². The molecule has 1 fully saturated rings. The summed E-state index contributed by atoms with van der Waals surface area (Å²) in [4.78, 5) is 19.4. The molecule has 2 atom stereocenters. The monoisotopic (exact) mass is 718 g/mol. The van der Waals surface area contributed by atoms with Crippen LogP contribution in [0.5, 0.6) is 5.75 Å². The first-order chi connectivity index (χ1) is 23.9. The number of alkyl carbamates (subject to hydrolysis) is 1. The first-order valence-corrected chi connectivity index (χ1v) is 16.3. The predicted octanol–water partition coefficient (Wildman–Crippen LogP) is 8.86. The quantitative estimate of drug-likeness (QED) is 0.102. The second-order valence-electron chi connectivity index (χ2n) is 12.8. The third kappa shape index (κ3) is 11.9. The number of ether oxygens (including phenoxy) is 2. The van der Waals surface area contributed by atoms with Gasteiger partial charge in [0.05, 0.1) is 5.56 Å². The van der Waals surface area contributed by atoms with Gasteiger partial charge in [-0.3, -0.25) is 0 Å². The standard InChI is InChI=1S/C36H41BF6N4O4/c1-7-23(3)31(29-12-9-19-47(29)32(37-50-22-44)46-33(48)51-34(4,5)6)45-28(8-2)25-15-18-30(27(21-25)36(41,42)43)49-20-10-11-24-13-16-26(17-14-24)35(38,39)40/h8,10-11,13-18,21,23,29H,7,9,12,19-20H2,1-6H3,(H,46,48)/b11-10-,28-8-,45-31?. The van der Waals surface area contributed by atoms with Crippen molar-refractivity contribution in [1.82, 2.24) is 10.2 Å². The number of hydrogen-bond donors (Lipinski definition) is 1. The van der Waals surface area contributed by atoms with Gasteiger partial charge in [0.25, 0.3) is 0 Å². The number of carbonyl (C=O) groups excluding carboxylic acids is 1. The van der Waals surface area contributed by atoms with Crippen molar-refractivity contribution in [3.63, 3.8) is 0 Å².